The number of aromatic nitrogens is 3. The van der Waals surface area contributed by atoms with Crippen molar-refractivity contribution in [2.24, 2.45) is 0 Å². The highest BCUT2D eigenvalue weighted by Crippen LogP contribution is 2.24. The van der Waals surface area contributed by atoms with Gasteiger partial charge in [-0.2, -0.15) is 0 Å². The second-order valence-electron chi connectivity index (χ2n) is 8.48. The summed E-state index contributed by atoms with van der Waals surface area (Å²) in [6.07, 6.45) is 0.743. The van der Waals surface area contributed by atoms with Gasteiger partial charge in [0.15, 0.2) is 5.16 Å². The summed E-state index contributed by atoms with van der Waals surface area (Å²) in [5, 5.41) is 12.5. The number of halogens is 1. The Balaban J connectivity index is 1.44. The van der Waals surface area contributed by atoms with Crippen LogP contribution in [0.25, 0.3) is 0 Å². The van der Waals surface area contributed by atoms with E-state index in [-0.39, 0.29) is 18.1 Å². The first-order valence-electron chi connectivity index (χ1n) is 11.8. The smallest absolute Gasteiger partial charge is 0.220 e. The van der Waals surface area contributed by atoms with E-state index in [4.69, 9.17) is 4.74 Å². The monoisotopic (exact) mass is 504 g/mol. The van der Waals surface area contributed by atoms with Crippen molar-refractivity contribution in [3.05, 3.63) is 107 Å². The molecule has 0 bridgehead atoms. The number of carbonyl (C=O) groups excluding carboxylic acids is 1. The molecule has 4 rings (SSSR count). The van der Waals surface area contributed by atoms with Crippen LogP contribution in [0, 0.1) is 12.7 Å². The number of aryl methyl sites for hydroxylation is 2. The van der Waals surface area contributed by atoms with E-state index in [1.807, 2.05) is 34.9 Å². The summed E-state index contributed by atoms with van der Waals surface area (Å²) in [4.78, 5) is 12.6. The molecule has 1 heterocycles. The van der Waals surface area contributed by atoms with Crippen LogP contribution in [0.4, 0.5) is 4.39 Å². The van der Waals surface area contributed by atoms with Gasteiger partial charge in [-0.15, -0.1) is 10.2 Å². The first-order valence-corrected chi connectivity index (χ1v) is 12.7. The van der Waals surface area contributed by atoms with Crippen molar-refractivity contribution in [3.8, 4) is 5.75 Å². The van der Waals surface area contributed by atoms with Crippen molar-refractivity contribution < 1.29 is 13.9 Å². The maximum absolute atomic E-state index is 13.6. The quantitative estimate of drug-likeness (QED) is 0.280. The van der Waals surface area contributed by atoms with E-state index in [1.165, 1.54) is 29.5 Å². The van der Waals surface area contributed by atoms with Crippen LogP contribution in [0.15, 0.2) is 78.0 Å². The van der Waals surface area contributed by atoms with Crippen molar-refractivity contribution in [2.75, 3.05) is 7.11 Å². The lowest BCUT2D eigenvalue weighted by atomic mass is 10.1. The molecular weight excluding hydrogens is 475 g/mol. The van der Waals surface area contributed by atoms with E-state index >= 15 is 0 Å². The average Bonchev–Trinajstić information content (AvgIpc) is 3.27. The number of nitrogens with zero attached hydrogens (tertiary/aromatic N) is 3. The van der Waals surface area contributed by atoms with Gasteiger partial charge in [-0.05, 0) is 36.2 Å². The van der Waals surface area contributed by atoms with Gasteiger partial charge in [-0.1, -0.05) is 71.9 Å². The third-order valence-corrected chi connectivity index (χ3v) is 6.79. The van der Waals surface area contributed by atoms with Crippen LogP contribution in [0.3, 0.4) is 0 Å². The highest BCUT2D eigenvalue weighted by Gasteiger charge is 2.15. The Labute approximate surface area is 214 Å². The number of thioether (sulfide) groups is 1. The van der Waals surface area contributed by atoms with Crippen molar-refractivity contribution in [1.82, 2.24) is 20.1 Å². The van der Waals surface area contributed by atoms with Crippen LogP contribution in [-0.4, -0.2) is 27.8 Å². The molecule has 6 nitrogen and oxygen atoms in total. The SMILES string of the molecule is COc1ccccc1CNC(=O)CCc1nnc(SCc2cccc(F)c2)n1Cc1ccc(C)cc1. The fourth-order valence-electron chi connectivity index (χ4n) is 3.78. The third kappa shape index (κ3) is 6.95. The topological polar surface area (TPSA) is 69.0 Å². The van der Waals surface area contributed by atoms with Crippen molar-refractivity contribution in [2.45, 2.75) is 43.8 Å². The zero-order chi connectivity index (χ0) is 25.3. The van der Waals surface area contributed by atoms with Gasteiger partial charge in [-0.3, -0.25) is 4.79 Å². The summed E-state index contributed by atoms with van der Waals surface area (Å²) in [5.41, 5.74) is 4.11. The lowest BCUT2D eigenvalue weighted by Gasteiger charge is -2.12. The molecule has 0 saturated carbocycles. The molecule has 8 heteroatoms. The predicted molar refractivity (Wildman–Crippen MR) is 139 cm³/mol. The normalized spacial score (nSPS) is 10.9. The van der Waals surface area contributed by atoms with Gasteiger partial charge in [-0.25, -0.2) is 4.39 Å². The fraction of sp³-hybridized carbons (Fsp3) is 0.250. The zero-order valence-corrected chi connectivity index (χ0v) is 21.2. The maximum atomic E-state index is 13.6. The van der Waals surface area contributed by atoms with E-state index < -0.39 is 0 Å². The molecule has 4 aromatic rings. The first kappa shape index (κ1) is 25.4. The lowest BCUT2D eigenvalue weighted by Crippen LogP contribution is -2.23. The number of benzene rings is 3. The number of nitrogens with one attached hydrogen (secondary N) is 1. The van der Waals surface area contributed by atoms with Gasteiger partial charge in [0.25, 0.3) is 0 Å². The molecule has 0 aliphatic carbocycles. The van der Waals surface area contributed by atoms with E-state index in [1.54, 1.807) is 13.2 Å². The second kappa shape index (κ2) is 12.4. The molecule has 1 amide bonds. The molecule has 1 N–H and O–H groups in total. The number of ether oxygens (including phenoxy) is 1. The molecule has 0 aliphatic rings. The molecule has 0 saturated heterocycles. The number of hydrogen-bond donors (Lipinski definition) is 1. The number of carbonyl (C=O) groups is 1. The minimum Gasteiger partial charge on any atom is -0.496 e. The molecular formula is C28H29FN4O2S. The van der Waals surface area contributed by atoms with E-state index in [2.05, 4.69) is 46.7 Å². The largest absolute Gasteiger partial charge is 0.496 e. The minimum atomic E-state index is -0.256. The number of rotatable bonds is 11. The average molecular weight is 505 g/mol. The van der Waals surface area contributed by atoms with Crippen LogP contribution in [0.2, 0.25) is 0 Å². The van der Waals surface area contributed by atoms with Gasteiger partial charge < -0.3 is 14.6 Å². The van der Waals surface area contributed by atoms with Gasteiger partial charge in [0.1, 0.15) is 17.4 Å². The number of para-hydroxylation sites is 1. The van der Waals surface area contributed by atoms with E-state index in [0.717, 1.165) is 33.4 Å². The lowest BCUT2D eigenvalue weighted by molar-refractivity contribution is -0.121. The summed E-state index contributed by atoms with van der Waals surface area (Å²) in [6.45, 7) is 3.04. The van der Waals surface area contributed by atoms with Crippen LogP contribution in [0.1, 0.15) is 34.5 Å². The maximum Gasteiger partial charge on any atom is 0.220 e. The Morgan fingerprint density at radius 2 is 1.83 bits per heavy atom. The van der Waals surface area contributed by atoms with Gasteiger partial charge >= 0.3 is 0 Å². The summed E-state index contributed by atoms with van der Waals surface area (Å²) >= 11 is 1.51. The summed E-state index contributed by atoms with van der Waals surface area (Å²) in [7, 11) is 1.62. The van der Waals surface area contributed by atoms with Crippen molar-refractivity contribution >= 4 is 17.7 Å². The first-order chi connectivity index (χ1) is 17.5. The van der Waals surface area contributed by atoms with Crippen molar-refractivity contribution in [1.29, 1.82) is 0 Å². The van der Waals surface area contributed by atoms with E-state index in [9.17, 15) is 9.18 Å². The van der Waals surface area contributed by atoms with Crippen LogP contribution < -0.4 is 10.1 Å². The standard InChI is InChI=1S/C28H29FN4O2S/c1-20-10-12-21(13-11-20)18-33-26(31-32-28(33)36-19-22-6-5-8-24(29)16-22)14-15-27(34)30-17-23-7-3-4-9-25(23)35-2/h3-13,16H,14-15,17-19H2,1-2H3,(H,30,34). The van der Waals surface area contributed by atoms with Gasteiger partial charge in [0.2, 0.25) is 5.91 Å². The van der Waals surface area contributed by atoms with Crippen LogP contribution in [-0.2, 0) is 30.1 Å². The number of hydrogen-bond acceptors (Lipinski definition) is 5. The Bertz CT molecular complexity index is 1310. The van der Waals surface area contributed by atoms with Crippen LogP contribution in [0.5, 0.6) is 5.75 Å². The minimum absolute atomic E-state index is 0.0697. The molecule has 0 aliphatic heterocycles. The van der Waals surface area contributed by atoms with Gasteiger partial charge in [0, 0.05) is 30.7 Å². The molecule has 3 aromatic carbocycles. The second-order valence-corrected chi connectivity index (χ2v) is 9.42. The van der Waals surface area contributed by atoms with Crippen molar-refractivity contribution in [3.63, 3.8) is 0 Å². The Morgan fingerprint density at radius 1 is 1.03 bits per heavy atom. The zero-order valence-electron chi connectivity index (χ0n) is 20.4. The summed E-state index contributed by atoms with van der Waals surface area (Å²) in [6, 6.07) is 22.5. The molecule has 186 valence electrons. The molecule has 36 heavy (non-hydrogen) atoms. The van der Waals surface area contributed by atoms with E-state index in [0.29, 0.717) is 25.3 Å². The van der Waals surface area contributed by atoms with Crippen LogP contribution >= 0.6 is 11.8 Å². The molecule has 1 aromatic heterocycles. The highest BCUT2D eigenvalue weighted by molar-refractivity contribution is 7.98. The molecule has 0 spiro atoms. The Morgan fingerprint density at radius 3 is 2.61 bits per heavy atom. The van der Waals surface area contributed by atoms with Gasteiger partial charge in [0.05, 0.1) is 13.7 Å². The summed E-state index contributed by atoms with van der Waals surface area (Å²) in [5.74, 6) is 1.73. The predicted octanol–water partition coefficient (Wildman–Crippen LogP) is 5.32. The number of methoxy groups -OCH3 is 1. The fourth-order valence-corrected chi connectivity index (χ4v) is 4.68. The summed E-state index contributed by atoms with van der Waals surface area (Å²) < 4.78 is 21.0. The molecule has 0 fully saturated rings. The Kier molecular flexibility index (Phi) is 8.73. The highest BCUT2D eigenvalue weighted by atomic mass is 32.2. The Hall–Kier alpha value is -3.65. The molecule has 0 radical (unpaired) electrons. The number of amides is 1. The molecule has 0 unspecified atom stereocenters. The molecule has 0 atom stereocenters. The third-order valence-electron chi connectivity index (χ3n) is 5.76.